The molecule has 0 saturated heterocycles. The summed E-state index contributed by atoms with van der Waals surface area (Å²) >= 11 is 12.1. The van der Waals surface area contributed by atoms with Gasteiger partial charge in [0.2, 0.25) is 0 Å². The molecule has 0 spiro atoms. The fourth-order valence-corrected chi connectivity index (χ4v) is 3.36. The van der Waals surface area contributed by atoms with Gasteiger partial charge in [-0.1, -0.05) is 29.3 Å². The van der Waals surface area contributed by atoms with Crippen LogP contribution in [0, 0.1) is 5.82 Å². The molecule has 1 heterocycles. The second kappa shape index (κ2) is 8.82. The molecule has 2 amide bonds. The van der Waals surface area contributed by atoms with Crippen LogP contribution < -0.4 is 15.0 Å². The van der Waals surface area contributed by atoms with Crippen molar-refractivity contribution in [3.05, 3.63) is 99.9 Å². The lowest BCUT2D eigenvalue weighted by Crippen LogP contribution is -2.32. The first-order valence-electron chi connectivity index (χ1n) is 9.22. The van der Waals surface area contributed by atoms with Gasteiger partial charge in [-0.3, -0.25) is 9.59 Å². The number of hydrogen-bond donors (Lipinski definition) is 1. The first-order valence-corrected chi connectivity index (χ1v) is 9.98. The minimum absolute atomic E-state index is 0.0988. The summed E-state index contributed by atoms with van der Waals surface area (Å²) in [5, 5.41) is 2.91. The highest BCUT2D eigenvalue weighted by Gasteiger charge is 2.39. The number of carbonyl (C=O) groups is 3. The van der Waals surface area contributed by atoms with E-state index < -0.39 is 23.6 Å². The van der Waals surface area contributed by atoms with Gasteiger partial charge in [0.1, 0.15) is 22.3 Å². The molecular formula is C23H13Cl2FN2O4. The van der Waals surface area contributed by atoms with E-state index in [1.54, 1.807) is 18.2 Å². The van der Waals surface area contributed by atoms with Crippen molar-refractivity contribution in [1.29, 1.82) is 0 Å². The van der Waals surface area contributed by atoms with Crippen LogP contribution in [-0.4, -0.2) is 17.8 Å². The van der Waals surface area contributed by atoms with Crippen molar-refractivity contribution in [2.24, 2.45) is 0 Å². The van der Waals surface area contributed by atoms with Crippen molar-refractivity contribution < 1.29 is 23.5 Å². The zero-order valence-corrected chi connectivity index (χ0v) is 17.7. The number of benzene rings is 3. The van der Waals surface area contributed by atoms with Crippen molar-refractivity contribution in [3.63, 3.8) is 0 Å². The maximum absolute atomic E-state index is 13.0. The number of anilines is 2. The molecule has 0 fully saturated rings. The molecule has 4 rings (SSSR count). The van der Waals surface area contributed by atoms with Crippen molar-refractivity contribution in [2.45, 2.75) is 0 Å². The first kappa shape index (κ1) is 21.5. The Bertz CT molecular complexity index is 1260. The summed E-state index contributed by atoms with van der Waals surface area (Å²) < 4.78 is 18.1. The van der Waals surface area contributed by atoms with E-state index in [0.717, 1.165) is 4.90 Å². The predicted octanol–water partition coefficient (Wildman–Crippen LogP) is 5.13. The Morgan fingerprint density at radius 3 is 2.25 bits per heavy atom. The predicted molar refractivity (Wildman–Crippen MR) is 118 cm³/mol. The van der Waals surface area contributed by atoms with E-state index in [-0.39, 0.29) is 22.0 Å². The zero-order valence-electron chi connectivity index (χ0n) is 16.1. The highest BCUT2D eigenvalue weighted by atomic mass is 35.5. The third-order valence-corrected chi connectivity index (χ3v) is 5.09. The molecule has 1 aliphatic heterocycles. The second-order valence-corrected chi connectivity index (χ2v) is 7.47. The minimum atomic E-state index is -0.680. The Kier molecular flexibility index (Phi) is 5.94. The van der Waals surface area contributed by atoms with Crippen LogP contribution in [0.25, 0.3) is 0 Å². The Hall–Kier alpha value is -3.68. The number of nitrogens with zero attached hydrogens (tertiary/aromatic N) is 1. The molecule has 0 radical (unpaired) electrons. The zero-order chi connectivity index (χ0) is 22.8. The summed E-state index contributed by atoms with van der Waals surface area (Å²) in [5.74, 6) is -2.20. The number of rotatable bonds is 5. The quantitative estimate of drug-likeness (QED) is 0.317. The standard InChI is InChI=1S/C23H13Cl2FN2O4/c24-14-2-1-3-17(12-14)28-21(29)19(25)20(22(28)30)27-16-8-4-13(5-9-16)23(31)32-18-10-6-15(26)7-11-18/h1-12,27H. The lowest BCUT2D eigenvalue weighted by atomic mass is 10.2. The largest absolute Gasteiger partial charge is 0.423 e. The molecule has 9 heteroatoms. The van der Waals surface area contributed by atoms with Crippen molar-refractivity contribution in [3.8, 4) is 5.75 Å². The number of amides is 2. The van der Waals surface area contributed by atoms with Crippen LogP contribution in [0.15, 0.2) is 83.5 Å². The number of esters is 1. The molecule has 0 bridgehead atoms. The maximum atomic E-state index is 13.0. The van der Waals surface area contributed by atoms with E-state index in [1.165, 1.54) is 54.6 Å². The molecule has 3 aromatic carbocycles. The molecule has 0 aromatic heterocycles. The van der Waals surface area contributed by atoms with Gasteiger partial charge in [0, 0.05) is 10.7 Å². The topological polar surface area (TPSA) is 75.7 Å². The molecule has 3 aromatic rings. The Morgan fingerprint density at radius 2 is 1.59 bits per heavy atom. The van der Waals surface area contributed by atoms with Crippen LogP contribution >= 0.6 is 23.2 Å². The second-order valence-electron chi connectivity index (χ2n) is 6.66. The van der Waals surface area contributed by atoms with Gasteiger partial charge in [0.15, 0.2) is 0 Å². The SMILES string of the molecule is O=C(Oc1ccc(F)cc1)c1ccc(NC2=C(Cl)C(=O)N(c3cccc(Cl)c3)C2=O)cc1. The Morgan fingerprint density at radius 1 is 0.906 bits per heavy atom. The van der Waals surface area contributed by atoms with Crippen molar-refractivity contribution >= 4 is 52.4 Å². The molecule has 160 valence electrons. The van der Waals surface area contributed by atoms with Gasteiger partial charge in [0.05, 0.1) is 11.3 Å². The fraction of sp³-hybridized carbons (Fsp3) is 0. The lowest BCUT2D eigenvalue weighted by Gasteiger charge is -2.15. The third kappa shape index (κ3) is 4.34. The van der Waals surface area contributed by atoms with Gasteiger partial charge in [0.25, 0.3) is 11.8 Å². The van der Waals surface area contributed by atoms with Crippen LogP contribution in [0.4, 0.5) is 15.8 Å². The molecular weight excluding hydrogens is 458 g/mol. The molecule has 1 N–H and O–H groups in total. The first-order chi connectivity index (χ1) is 15.3. The minimum Gasteiger partial charge on any atom is -0.423 e. The Balaban J connectivity index is 1.48. The normalized spacial score (nSPS) is 13.5. The van der Waals surface area contributed by atoms with E-state index in [4.69, 9.17) is 27.9 Å². The van der Waals surface area contributed by atoms with Crippen molar-refractivity contribution in [1.82, 2.24) is 0 Å². The highest BCUT2D eigenvalue weighted by molar-refractivity contribution is 6.53. The molecule has 0 unspecified atom stereocenters. The molecule has 0 aliphatic carbocycles. The van der Waals surface area contributed by atoms with Gasteiger partial charge in [-0.25, -0.2) is 14.1 Å². The number of imide groups is 1. The van der Waals surface area contributed by atoms with Crippen molar-refractivity contribution in [2.75, 3.05) is 10.2 Å². The number of halogens is 3. The van der Waals surface area contributed by atoms with E-state index in [2.05, 4.69) is 5.32 Å². The van der Waals surface area contributed by atoms with E-state index in [0.29, 0.717) is 16.4 Å². The summed E-state index contributed by atoms with van der Waals surface area (Å²) in [7, 11) is 0. The summed E-state index contributed by atoms with van der Waals surface area (Å²) in [4.78, 5) is 38.5. The lowest BCUT2D eigenvalue weighted by molar-refractivity contribution is -0.120. The number of carbonyl (C=O) groups excluding carboxylic acids is 3. The highest BCUT2D eigenvalue weighted by Crippen LogP contribution is 2.31. The number of nitrogens with one attached hydrogen (secondary N) is 1. The summed E-state index contributed by atoms with van der Waals surface area (Å²) in [6.07, 6.45) is 0. The molecule has 6 nitrogen and oxygen atoms in total. The summed E-state index contributed by atoms with van der Waals surface area (Å²) in [6, 6.07) is 17.3. The summed E-state index contributed by atoms with van der Waals surface area (Å²) in [5.41, 5.74) is 0.847. The number of hydrogen-bond acceptors (Lipinski definition) is 5. The van der Waals surface area contributed by atoms with Gasteiger partial charge in [-0.15, -0.1) is 0 Å². The summed E-state index contributed by atoms with van der Waals surface area (Å²) in [6.45, 7) is 0. The average Bonchev–Trinajstić information content (AvgIpc) is 2.99. The van der Waals surface area contributed by atoms with Gasteiger partial charge in [-0.2, -0.15) is 0 Å². The molecule has 0 saturated carbocycles. The third-order valence-electron chi connectivity index (χ3n) is 4.51. The van der Waals surface area contributed by atoms with Crippen LogP contribution in [0.2, 0.25) is 5.02 Å². The van der Waals surface area contributed by atoms with Crippen LogP contribution in [0.5, 0.6) is 5.75 Å². The Labute approximate surface area is 191 Å². The molecule has 32 heavy (non-hydrogen) atoms. The van der Waals surface area contributed by atoms with Gasteiger partial charge >= 0.3 is 5.97 Å². The molecule has 1 aliphatic rings. The van der Waals surface area contributed by atoms with Crippen LogP contribution in [0.1, 0.15) is 10.4 Å². The van der Waals surface area contributed by atoms with E-state index in [9.17, 15) is 18.8 Å². The smallest absolute Gasteiger partial charge is 0.343 e. The fourth-order valence-electron chi connectivity index (χ4n) is 2.96. The number of ether oxygens (including phenoxy) is 1. The monoisotopic (exact) mass is 470 g/mol. The average molecular weight is 471 g/mol. The van der Waals surface area contributed by atoms with Gasteiger partial charge in [-0.05, 0) is 66.7 Å². The molecule has 0 atom stereocenters. The van der Waals surface area contributed by atoms with Gasteiger partial charge < -0.3 is 10.1 Å². The van der Waals surface area contributed by atoms with E-state index in [1.807, 2.05) is 0 Å². The maximum Gasteiger partial charge on any atom is 0.343 e. The van der Waals surface area contributed by atoms with Crippen LogP contribution in [-0.2, 0) is 9.59 Å². The van der Waals surface area contributed by atoms with Crippen LogP contribution in [0.3, 0.4) is 0 Å². The van der Waals surface area contributed by atoms with E-state index >= 15 is 0 Å².